The zero-order valence-electron chi connectivity index (χ0n) is 14.9. The summed E-state index contributed by atoms with van der Waals surface area (Å²) in [7, 11) is 0. The first-order valence-corrected chi connectivity index (χ1v) is 11.1. The summed E-state index contributed by atoms with van der Waals surface area (Å²) in [6.45, 7) is 2.57. The number of thiophene rings is 2. The van der Waals surface area contributed by atoms with Crippen molar-refractivity contribution in [2.45, 2.75) is 44.6 Å². The van der Waals surface area contributed by atoms with Crippen molar-refractivity contribution in [3.05, 3.63) is 44.3 Å². The largest absolute Gasteiger partial charge is 0.338 e. The Kier molecular flexibility index (Phi) is 5.41. The van der Waals surface area contributed by atoms with Crippen LogP contribution in [0.3, 0.4) is 0 Å². The summed E-state index contributed by atoms with van der Waals surface area (Å²) in [5, 5.41) is 2.02. The molecule has 2 aromatic rings. The van der Waals surface area contributed by atoms with Crippen molar-refractivity contribution in [3.8, 4) is 0 Å². The Balaban J connectivity index is 1.45. The molecule has 2 amide bonds. The van der Waals surface area contributed by atoms with Crippen LogP contribution >= 0.6 is 22.7 Å². The zero-order chi connectivity index (χ0) is 17.9. The molecule has 0 bridgehead atoms. The van der Waals surface area contributed by atoms with Gasteiger partial charge in [0.25, 0.3) is 5.91 Å². The number of carbonyl (C=O) groups is 2. The van der Waals surface area contributed by atoms with E-state index in [1.54, 1.807) is 22.7 Å². The molecule has 0 N–H and O–H groups in total. The normalized spacial score (nSPS) is 20.5. The van der Waals surface area contributed by atoms with E-state index in [2.05, 4.69) is 6.07 Å². The standard InChI is InChI=1S/C20H24N2O2S2/c23-19(14-15-6-5-13-25-15)22-12-4-7-16(22)17-8-9-18(26-17)20(24)21-10-2-1-3-11-21/h5-6,8-9,13,16H,1-4,7,10-12,14H2/t16-/m0/s1. The quantitative estimate of drug-likeness (QED) is 0.782. The Morgan fingerprint density at radius 3 is 2.65 bits per heavy atom. The van der Waals surface area contributed by atoms with Crippen LogP contribution in [0.2, 0.25) is 0 Å². The Labute approximate surface area is 162 Å². The molecule has 6 heteroatoms. The maximum absolute atomic E-state index is 12.7. The predicted molar refractivity (Wildman–Crippen MR) is 106 cm³/mol. The second kappa shape index (κ2) is 7.92. The molecule has 2 saturated heterocycles. The van der Waals surface area contributed by atoms with Gasteiger partial charge in [-0.2, -0.15) is 0 Å². The van der Waals surface area contributed by atoms with Crippen molar-refractivity contribution < 1.29 is 9.59 Å². The Morgan fingerprint density at radius 2 is 1.88 bits per heavy atom. The average molecular weight is 389 g/mol. The fourth-order valence-electron chi connectivity index (χ4n) is 3.92. The first-order valence-electron chi connectivity index (χ1n) is 9.43. The van der Waals surface area contributed by atoms with Crippen molar-refractivity contribution in [2.75, 3.05) is 19.6 Å². The summed E-state index contributed by atoms with van der Waals surface area (Å²) >= 11 is 3.21. The highest BCUT2D eigenvalue weighted by atomic mass is 32.1. The fourth-order valence-corrected chi connectivity index (χ4v) is 5.74. The molecule has 0 radical (unpaired) electrons. The van der Waals surface area contributed by atoms with Crippen LogP contribution in [0.4, 0.5) is 0 Å². The second-order valence-corrected chi connectivity index (χ2v) is 9.20. The van der Waals surface area contributed by atoms with Gasteiger partial charge in [0.15, 0.2) is 0 Å². The minimum absolute atomic E-state index is 0.135. The smallest absolute Gasteiger partial charge is 0.263 e. The SMILES string of the molecule is O=C(c1ccc([C@@H]2CCCN2C(=O)Cc2cccs2)s1)N1CCCCC1. The summed E-state index contributed by atoms with van der Waals surface area (Å²) in [5.74, 6) is 0.364. The summed E-state index contributed by atoms with van der Waals surface area (Å²) in [4.78, 5) is 32.5. The number of hydrogen-bond acceptors (Lipinski definition) is 4. The monoisotopic (exact) mass is 388 g/mol. The number of likely N-dealkylation sites (tertiary alicyclic amines) is 2. The Hall–Kier alpha value is -1.66. The molecule has 26 heavy (non-hydrogen) atoms. The van der Waals surface area contributed by atoms with E-state index in [1.807, 2.05) is 33.4 Å². The average Bonchev–Trinajstić information content (AvgIpc) is 3.41. The Morgan fingerprint density at radius 1 is 1.04 bits per heavy atom. The van der Waals surface area contributed by atoms with E-state index < -0.39 is 0 Å². The van der Waals surface area contributed by atoms with Crippen LogP contribution in [0.15, 0.2) is 29.6 Å². The molecule has 138 valence electrons. The maximum Gasteiger partial charge on any atom is 0.263 e. The molecule has 0 unspecified atom stereocenters. The molecule has 2 fully saturated rings. The second-order valence-electron chi connectivity index (χ2n) is 7.06. The fraction of sp³-hybridized carbons (Fsp3) is 0.500. The highest BCUT2D eigenvalue weighted by Gasteiger charge is 2.31. The molecule has 1 atom stereocenters. The highest BCUT2D eigenvalue weighted by Crippen LogP contribution is 2.37. The topological polar surface area (TPSA) is 40.6 Å². The molecule has 4 heterocycles. The lowest BCUT2D eigenvalue weighted by atomic mass is 10.1. The number of hydrogen-bond donors (Lipinski definition) is 0. The molecule has 0 spiro atoms. The van der Waals surface area contributed by atoms with E-state index in [-0.39, 0.29) is 17.9 Å². The van der Waals surface area contributed by atoms with Gasteiger partial charge in [0.1, 0.15) is 0 Å². The third kappa shape index (κ3) is 3.71. The van der Waals surface area contributed by atoms with Gasteiger partial charge in [0.05, 0.1) is 17.3 Å². The van der Waals surface area contributed by atoms with Crippen molar-refractivity contribution in [3.63, 3.8) is 0 Å². The van der Waals surface area contributed by atoms with E-state index in [4.69, 9.17) is 0 Å². The van der Waals surface area contributed by atoms with E-state index in [9.17, 15) is 9.59 Å². The van der Waals surface area contributed by atoms with Crippen molar-refractivity contribution >= 4 is 34.5 Å². The van der Waals surface area contributed by atoms with Crippen LogP contribution in [0.1, 0.15) is 57.6 Å². The third-order valence-electron chi connectivity index (χ3n) is 5.29. The minimum atomic E-state index is 0.135. The van der Waals surface area contributed by atoms with Gasteiger partial charge in [0.2, 0.25) is 5.91 Å². The van der Waals surface area contributed by atoms with Crippen LogP contribution in [0.5, 0.6) is 0 Å². The van der Waals surface area contributed by atoms with Crippen molar-refractivity contribution in [1.82, 2.24) is 9.80 Å². The molecule has 2 aliphatic rings. The molecule has 4 rings (SSSR count). The highest BCUT2D eigenvalue weighted by molar-refractivity contribution is 7.14. The number of piperidine rings is 1. The molecule has 2 aliphatic heterocycles. The first-order chi connectivity index (χ1) is 12.7. The van der Waals surface area contributed by atoms with E-state index in [0.29, 0.717) is 6.42 Å². The lowest BCUT2D eigenvalue weighted by molar-refractivity contribution is -0.131. The van der Waals surface area contributed by atoms with Gasteiger partial charge in [0, 0.05) is 29.4 Å². The summed E-state index contributed by atoms with van der Waals surface area (Å²) in [6.07, 6.45) is 5.96. The van der Waals surface area contributed by atoms with Gasteiger partial charge in [-0.05, 0) is 55.7 Å². The van der Waals surface area contributed by atoms with Gasteiger partial charge in [-0.15, -0.1) is 22.7 Å². The van der Waals surface area contributed by atoms with E-state index >= 15 is 0 Å². The van der Waals surface area contributed by atoms with Crippen LogP contribution in [0.25, 0.3) is 0 Å². The van der Waals surface area contributed by atoms with Gasteiger partial charge in [-0.25, -0.2) is 0 Å². The van der Waals surface area contributed by atoms with Gasteiger partial charge >= 0.3 is 0 Å². The zero-order valence-corrected chi connectivity index (χ0v) is 16.5. The van der Waals surface area contributed by atoms with E-state index in [0.717, 1.165) is 59.9 Å². The molecule has 2 aromatic heterocycles. The first kappa shape index (κ1) is 17.7. The molecule has 0 saturated carbocycles. The molecule has 0 aromatic carbocycles. The Bertz CT molecular complexity index is 763. The molecular weight excluding hydrogens is 364 g/mol. The minimum Gasteiger partial charge on any atom is -0.338 e. The summed E-state index contributed by atoms with van der Waals surface area (Å²) in [6, 6.07) is 8.16. The van der Waals surface area contributed by atoms with Crippen molar-refractivity contribution in [2.24, 2.45) is 0 Å². The lowest BCUT2D eigenvalue weighted by Crippen LogP contribution is -2.35. The van der Waals surface area contributed by atoms with E-state index in [1.165, 1.54) is 6.42 Å². The molecule has 0 aliphatic carbocycles. The lowest BCUT2D eigenvalue weighted by Gasteiger charge is -2.26. The number of carbonyl (C=O) groups excluding carboxylic acids is 2. The van der Waals surface area contributed by atoms with Crippen LogP contribution in [-0.2, 0) is 11.2 Å². The van der Waals surface area contributed by atoms with Crippen LogP contribution in [0, 0.1) is 0 Å². The maximum atomic E-state index is 12.7. The summed E-state index contributed by atoms with van der Waals surface area (Å²) in [5.41, 5.74) is 0. The number of nitrogens with zero attached hydrogens (tertiary/aromatic N) is 2. The summed E-state index contributed by atoms with van der Waals surface area (Å²) < 4.78 is 0. The van der Waals surface area contributed by atoms with Crippen LogP contribution < -0.4 is 0 Å². The van der Waals surface area contributed by atoms with Crippen LogP contribution in [-0.4, -0.2) is 41.2 Å². The third-order valence-corrected chi connectivity index (χ3v) is 7.34. The van der Waals surface area contributed by atoms with Crippen molar-refractivity contribution in [1.29, 1.82) is 0 Å². The number of amides is 2. The molecule has 4 nitrogen and oxygen atoms in total. The van der Waals surface area contributed by atoms with Gasteiger partial charge in [-0.1, -0.05) is 6.07 Å². The predicted octanol–water partition coefficient (Wildman–Crippen LogP) is 4.34. The van der Waals surface area contributed by atoms with Gasteiger partial charge in [-0.3, -0.25) is 9.59 Å². The number of rotatable bonds is 4. The van der Waals surface area contributed by atoms with Gasteiger partial charge < -0.3 is 9.80 Å². The molecular formula is C20H24N2O2S2.